The van der Waals surface area contributed by atoms with E-state index in [0.29, 0.717) is 6.54 Å². The zero-order valence-corrected chi connectivity index (χ0v) is 15.8. The van der Waals surface area contributed by atoms with E-state index in [9.17, 15) is 5.11 Å². The van der Waals surface area contributed by atoms with Crippen molar-refractivity contribution in [2.75, 3.05) is 26.7 Å². The minimum Gasteiger partial charge on any atom is -0.497 e. The Bertz CT molecular complexity index is 873. The summed E-state index contributed by atoms with van der Waals surface area (Å²) >= 11 is 1.67. The summed E-state index contributed by atoms with van der Waals surface area (Å²) in [6, 6.07) is 12.0. The number of benzene rings is 1. The summed E-state index contributed by atoms with van der Waals surface area (Å²) in [7, 11) is 1.67. The van der Waals surface area contributed by atoms with Gasteiger partial charge in [0, 0.05) is 11.9 Å². The minimum absolute atomic E-state index is 0.538. The van der Waals surface area contributed by atoms with E-state index in [0.717, 1.165) is 45.9 Å². The summed E-state index contributed by atoms with van der Waals surface area (Å²) < 4.78 is 5.39. The van der Waals surface area contributed by atoms with Crippen LogP contribution in [-0.4, -0.2) is 41.7 Å². The summed E-state index contributed by atoms with van der Waals surface area (Å²) in [6.45, 7) is 2.81. The van der Waals surface area contributed by atoms with Crippen molar-refractivity contribution in [3.05, 3.63) is 47.3 Å². The second-order valence-electron chi connectivity index (χ2n) is 6.83. The second-order valence-corrected chi connectivity index (χ2v) is 7.78. The molecule has 1 unspecified atom stereocenters. The molecule has 2 aromatic heterocycles. The first-order valence-corrected chi connectivity index (χ1v) is 10.1. The minimum atomic E-state index is -0.538. The molecule has 0 radical (unpaired) electrons. The third kappa shape index (κ3) is 3.61. The van der Waals surface area contributed by atoms with Crippen LogP contribution in [0.1, 0.15) is 30.9 Å². The van der Waals surface area contributed by atoms with Crippen LogP contribution in [-0.2, 0) is 0 Å². The van der Waals surface area contributed by atoms with Gasteiger partial charge in [0.15, 0.2) is 0 Å². The number of hydrogen-bond donors (Lipinski definition) is 1. The smallest absolute Gasteiger partial charge is 0.119 e. The Balaban J connectivity index is 1.76. The van der Waals surface area contributed by atoms with E-state index in [1.807, 2.05) is 30.3 Å². The van der Waals surface area contributed by atoms with E-state index in [1.165, 1.54) is 19.3 Å². The van der Waals surface area contributed by atoms with E-state index in [2.05, 4.69) is 16.3 Å². The zero-order chi connectivity index (χ0) is 17.9. The summed E-state index contributed by atoms with van der Waals surface area (Å²) in [5.74, 6) is 0.787. The molecule has 1 atom stereocenters. The first-order valence-electron chi connectivity index (χ1n) is 9.17. The summed E-state index contributed by atoms with van der Waals surface area (Å²) in [5.41, 5.74) is 2.75. The molecule has 4 rings (SSSR count). The third-order valence-corrected chi connectivity index (χ3v) is 5.95. The van der Waals surface area contributed by atoms with Crippen molar-refractivity contribution in [3.63, 3.8) is 0 Å². The molecular formula is C21H24N2O2S. The predicted molar refractivity (Wildman–Crippen MR) is 107 cm³/mol. The van der Waals surface area contributed by atoms with Gasteiger partial charge in [0.2, 0.25) is 0 Å². The highest BCUT2D eigenvalue weighted by Crippen LogP contribution is 2.33. The number of aliphatic hydroxyl groups excluding tert-OH is 1. The molecule has 1 aromatic carbocycles. The highest BCUT2D eigenvalue weighted by molar-refractivity contribution is 7.13. The van der Waals surface area contributed by atoms with Crippen molar-refractivity contribution >= 4 is 22.2 Å². The molecule has 0 bridgehead atoms. The maximum Gasteiger partial charge on any atom is 0.119 e. The zero-order valence-electron chi connectivity index (χ0n) is 15.0. The van der Waals surface area contributed by atoms with E-state index in [1.54, 1.807) is 18.4 Å². The largest absolute Gasteiger partial charge is 0.497 e. The highest BCUT2D eigenvalue weighted by atomic mass is 32.1. The van der Waals surface area contributed by atoms with Crippen LogP contribution in [0.5, 0.6) is 5.75 Å². The van der Waals surface area contributed by atoms with Gasteiger partial charge in [-0.15, -0.1) is 11.3 Å². The van der Waals surface area contributed by atoms with Crippen LogP contribution in [0.2, 0.25) is 0 Å². The molecule has 0 amide bonds. The fourth-order valence-corrected chi connectivity index (χ4v) is 4.36. The van der Waals surface area contributed by atoms with Crippen molar-refractivity contribution in [1.29, 1.82) is 0 Å². The molecule has 0 aliphatic carbocycles. The van der Waals surface area contributed by atoms with Gasteiger partial charge in [-0.05, 0) is 67.2 Å². The summed E-state index contributed by atoms with van der Waals surface area (Å²) in [4.78, 5) is 8.30. The Morgan fingerprint density at radius 2 is 2.04 bits per heavy atom. The van der Waals surface area contributed by atoms with Crippen molar-refractivity contribution in [1.82, 2.24) is 9.88 Å². The first kappa shape index (κ1) is 17.5. The average Bonchev–Trinajstić information content (AvgIpc) is 3.22. The van der Waals surface area contributed by atoms with Gasteiger partial charge in [-0.25, -0.2) is 4.98 Å². The number of thiophene rings is 1. The molecule has 3 aromatic rings. The molecule has 0 saturated carbocycles. The Hall–Kier alpha value is -1.95. The maximum atomic E-state index is 11.0. The van der Waals surface area contributed by atoms with Gasteiger partial charge in [0.05, 0.1) is 29.3 Å². The number of pyridine rings is 1. The van der Waals surface area contributed by atoms with Gasteiger partial charge in [-0.1, -0.05) is 12.5 Å². The number of piperidine rings is 1. The average molecular weight is 369 g/mol. The molecular weight excluding hydrogens is 344 g/mol. The van der Waals surface area contributed by atoms with Crippen LogP contribution in [0.3, 0.4) is 0 Å². The number of nitrogens with zero attached hydrogens (tertiary/aromatic N) is 2. The van der Waals surface area contributed by atoms with Crippen molar-refractivity contribution in [2.24, 2.45) is 0 Å². The fraction of sp³-hybridized carbons (Fsp3) is 0.381. The van der Waals surface area contributed by atoms with Gasteiger partial charge in [0.1, 0.15) is 5.75 Å². The van der Waals surface area contributed by atoms with E-state index in [4.69, 9.17) is 9.72 Å². The number of aliphatic hydroxyl groups is 1. The summed E-state index contributed by atoms with van der Waals surface area (Å²) in [6.07, 6.45) is 3.20. The molecule has 1 aliphatic heterocycles. The highest BCUT2D eigenvalue weighted by Gasteiger charge is 2.20. The number of ether oxygens (including phenoxy) is 1. The molecule has 1 N–H and O–H groups in total. The van der Waals surface area contributed by atoms with Crippen LogP contribution >= 0.6 is 11.3 Å². The standard InChI is InChI=1S/C21H24N2O2S/c1-25-15-7-8-18-16(12-15)17(13-19(22-18)21-6-5-11-26-21)20(24)14-23-9-3-2-4-10-23/h5-8,11-13,20,24H,2-4,9-10,14H2,1H3. The van der Waals surface area contributed by atoms with Gasteiger partial charge in [0.25, 0.3) is 0 Å². The van der Waals surface area contributed by atoms with Gasteiger partial charge in [-0.2, -0.15) is 0 Å². The topological polar surface area (TPSA) is 45.6 Å². The van der Waals surface area contributed by atoms with Gasteiger partial charge >= 0.3 is 0 Å². The maximum absolute atomic E-state index is 11.0. The fourth-order valence-electron chi connectivity index (χ4n) is 3.67. The van der Waals surface area contributed by atoms with Crippen molar-refractivity contribution in [2.45, 2.75) is 25.4 Å². The Labute approximate surface area is 158 Å². The predicted octanol–water partition coefficient (Wildman–Crippen LogP) is 4.49. The van der Waals surface area contributed by atoms with Crippen LogP contribution in [0, 0.1) is 0 Å². The Morgan fingerprint density at radius 1 is 1.19 bits per heavy atom. The number of aromatic nitrogens is 1. The molecule has 1 saturated heterocycles. The number of methoxy groups -OCH3 is 1. The van der Waals surface area contributed by atoms with Crippen LogP contribution in [0.4, 0.5) is 0 Å². The lowest BCUT2D eigenvalue weighted by atomic mass is 10.0. The SMILES string of the molecule is COc1ccc2nc(-c3cccs3)cc(C(O)CN3CCCCC3)c2c1. The van der Waals surface area contributed by atoms with Gasteiger partial charge < -0.3 is 14.7 Å². The van der Waals surface area contributed by atoms with Crippen LogP contribution in [0.25, 0.3) is 21.5 Å². The molecule has 1 fully saturated rings. The van der Waals surface area contributed by atoms with Crippen molar-refractivity contribution in [3.8, 4) is 16.3 Å². The van der Waals surface area contributed by atoms with Crippen LogP contribution in [0.15, 0.2) is 41.8 Å². The number of β-amino-alcohol motifs (C(OH)–C–C–N with tert-alkyl or cyclic N) is 1. The molecule has 5 heteroatoms. The number of rotatable bonds is 5. The molecule has 4 nitrogen and oxygen atoms in total. The molecule has 26 heavy (non-hydrogen) atoms. The van der Waals surface area contributed by atoms with Gasteiger partial charge in [-0.3, -0.25) is 0 Å². The normalized spacial score (nSPS) is 16.7. The van der Waals surface area contributed by atoms with E-state index < -0.39 is 6.10 Å². The lowest BCUT2D eigenvalue weighted by Gasteiger charge is -2.29. The van der Waals surface area contributed by atoms with Crippen LogP contribution < -0.4 is 4.74 Å². The number of likely N-dealkylation sites (tertiary alicyclic amines) is 1. The molecule has 136 valence electrons. The third-order valence-electron chi connectivity index (χ3n) is 5.06. The Kier molecular flexibility index (Phi) is 5.20. The first-order chi connectivity index (χ1) is 12.7. The number of fused-ring (bicyclic) bond motifs is 1. The molecule has 0 spiro atoms. The Morgan fingerprint density at radius 3 is 2.77 bits per heavy atom. The lowest BCUT2D eigenvalue weighted by molar-refractivity contribution is 0.102. The number of hydrogen-bond acceptors (Lipinski definition) is 5. The quantitative estimate of drug-likeness (QED) is 0.721. The monoisotopic (exact) mass is 368 g/mol. The molecule has 1 aliphatic rings. The molecule has 3 heterocycles. The summed E-state index contributed by atoms with van der Waals surface area (Å²) in [5, 5.41) is 14.1. The second kappa shape index (κ2) is 7.74. The van der Waals surface area contributed by atoms with Crippen molar-refractivity contribution < 1.29 is 9.84 Å². The van der Waals surface area contributed by atoms with E-state index in [-0.39, 0.29) is 0 Å². The van der Waals surface area contributed by atoms with E-state index >= 15 is 0 Å². The lowest BCUT2D eigenvalue weighted by Crippen LogP contribution is -2.33.